The lowest BCUT2D eigenvalue weighted by molar-refractivity contribution is -0.385. The Labute approximate surface area is 191 Å². The van der Waals surface area contributed by atoms with E-state index in [9.17, 15) is 19.7 Å². The van der Waals surface area contributed by atoms with Gasteiger partial charge in [0, 0.05) is 25.6 Å². The molecule has 10 nitrogen and oxygen atoms in total. The molecule has 1 heterocycles. The van der Waals surface area contributed by atoms with Gasteiger partial charge in [0.2, 0.25) is 0 Å². The molecule has 1 saturated heterocycles. The maximum absolute atomic E-state index is 13.4. The van der Waals surface area contributed by atoms with Crippen LogP contribution in [0.5, 0.6) is 11.5 Å². The van der Waals surface area contributed by atoms with Crippen LogP contribution in [0.1, 0.15) is 49.9 Å². The summed E-state index contributed by atoms with van der Waals surface area (Å²) in [7, 11) is 1.38. The fourth-order valence-corrected chi connectivity index (χ4v) is 4.70. The summed E-state index contributed by atoms with van der Waals surface area (Å²) < 4.78 is 16.7. The van der Waals surface area contributed by atoms with Gasteiger partial charge in [0.15, 0.2) is 11.5 Å². The summed E-state index contributed by atoms with van der Waals surface area (Å²) in [6.07, 6.45) is 1.70. The zero-order valence-corrected chi connectivity index (χ0v) is 19.4. The molecule has 1 aromatic rings. The van der Waals surface area contributed by atoms with Gasteiger partial charge in [-0.15, -0.1) is 11.8 Å². The van der Waals surface area contributed by atoms with Crippen molar-refractivity contribution in [1.82, 2.24) is 4.90 Å². The second-order valence-corrected chi connectivity index (χ2v) is 8.49. The number of benzene rings is 1. The number of hydrogen-bond donors (Lipinski definition) is 1. The molecule has 0 saturated carbocycles. The number of nitrogens with zero attached hydrogens (tertiary/aromatic N) is 2. The van der Waals surface area contributed by atoms with E-state index in [1.54, 1.807) is 16.7 Å². The number of amides is 1. The lowest BCUT2D eigenvalue weighted by Gasteiger charge is -2.31. The molecule has 0 aromatic heterocycles. The fraction of sp³-hybridized carbons (Fsp3) is 0.619. The normalized spacial score (nSPS) is 16.6. The molecule has 2 rings (SSSR count). The third kappa shape index (κ3) is 6.49. The van der Waals surface area contributed by atoms with E-state index in [4.69, 9.17) is 19.3 Å². The predicted octanol–water partition coefficient (Wildman–Crippen LogP) is 3.57. The fourth-order valence-electron chi connectivity index (χ4n) is 3.63. The summed E-state index contributed by atoms with van der Waals surface area (Å²) in [4.78, 5) is 36.9. The molecule has 0 bridgehead atoms. The van der Waals surface area contributed by atoms with Gasteiger partial charge in [-0.2, -0.15) is 0 Å². The Bertz CT molecular complexity index is 813. The van der Waals surface area contributed by atoms with E-state index >= 15 is 0 Å². The van der Waals surface area contributed by atoms with Gasteiger partial charge in [-0.05, 0) is 31.9 Å². The van der Waals surface area contributed by atoms with Crippen LogP contribution in [0.3, 0.4) is 0 Å². The number of nitro groups is 1. The number of nitro benzene ring substituents is 1. The van der Waals surface area contributed by atoms with E-state index in [1.807, 2.05) is 13.8 Å². The van der Waals surface area contributed by atoms with Crippen molar-refractivity contribution in [3.63, 3.8) is 0 Å². The standard InChI is InChI=1S/C21H30N2O8S/c1-4-30-21(32-5-2)15-8-6-10-22(15)20(26)14-12-17(29-3)18(13-16(14)23(27)28)31-11-7-9-19(24)25/h12-13,15,21H,4-11H2,1-3H3,(H,24,25). The first-order valence-electron chi connectivity index (χ1n) is 10.6. The minimum absolute atomic E-state index is 0.0472. The molecule has 32 heavy (non-hydrogen) atoms. The summed E-state index contributed by atoms with van der Waals surface area (Å²) in [5.74, 6) is -0.316. The number of rotatable bonds is 13. The van der Waals surface area contributed by atoms with Crippen LogP contribution in [0, 0.1) is 10.1 Å². The molecule has 1 aliphatic rings. The number of carbonyl (C=O) groups excluding carboxylic acids is 1. The number of hydrogen-bond acceptors (Lipinski definition) is 8. The van der Waals surface area contributed by atoms with Crippen LogP contribution in [0.25, 0.3) is 0 Å². The lowest BCUT2D eigenvalue weighted by atomic mass is 10.1. The number of methoxy groups -OCH3 is 1. The molecule has 11 heteroatoms. The topological polar surface area (TPSA) is 128 Å². The smallest absolute Gasteiger partial charge is 0.303 e. The van der Waals surface area contributed by atoms with E-state index in [1.165, 1.54) is 19.2 Å². The largest absolute Gasteiger partial charge is 0.493 e. The number of ether oxygens (including phenoxy) is 3. The van der Waals surface area contributed by atoms with Gasteiger partial charge in [-0.3, -0.25) is 19.7 Å². The second kappa shape index (κ2) is 12.5. The molecule has 2 atom stereocenters. The van der Waals surface area contributed by atoms with Crippen molar-refractivity contribution in [3.05, 3.63) is 27.8 Å². The van der Waals surface area contributed by atoms with Crippen LogP contribution in [0.2, 0.25) is 0 Å². The first-order chi connectivity index (χ1) is 15.3. The van der Waals surface area contributed by atoms with E-state index in [0.717, 1.165) is 18.6 Å². The molecule has 2 unspecified atom stereocenters. The highest BCUT2D eigenvalue weighted by Crippen LogP contribution is 2.37. The number of likely N-dealkylation sites (tertiary alicyclic amines) is 1. The number of carboxylic acids is 1. The monoisotopic (exact) mass is 470 g/mol. The van der Waals surface area contributed by atoms with Crippen LogP contribution in [0.15, 0.2) is 12.1 Å². The Balaban J connectivity index is 2.32. The second-order valence-electron chi connectivity index (χ2n) is 7.11. The zero-order chi connectivity index (χ0) is 23.7. The van der Waals surface area contributed by atoms with E-state index in [2.05, 4.69) is 0 Å². The Morgan fingerprint density at radius 1 is 1.34 bits per heavy atom. The molecule has 1 N–H and O–H groups in total. The average molecular weight is 471 g/mol. The van der Waals surface area contributed by atoms with E-state index < -0.39 is 16.8 Å². The third-order valence-electron chi connectivity index (χ3n) is 5.04. The van der Waals surface area contributed by atoms with Crippen LogP contribution in [-0.2, 0) is 9.53 Å². The van der Waals surface area contributed by atoms with E-state index in [-0.39, 0.29) is 53.7 Å². The van der Waals surface area contributed by atoms with Crippen molar-refractivity contribution in [2.45, 2.75) is 51.0 Å². The molecule has 1 aromatic carbocycles. The van der Waals surface area contributed by atoms with Crippen molar-refractivity contribution in [3.8, 4) is 11.5 Å². The highest BCUT2D eigenvalue weighted by Gasteiger charge is 2.38. The molecule has 1 fully saturated rings. The molecular formula is C21H30N2O8S. The summed E-state index contributed by atoms with van der Waals surface area (Å²) >= 11 is 1.61. The van der Waals surface area contributed by atoms with Gasteiger partial charge in [-0.1, -0.05) is 6.92 Å². The number of aliphatic carboxylic acids is 1. The molecule has 1 aliphatic heterocycles. The number of carboxylic acid groups (broad SMARTS) is 1. The van der Waals surface area contributed by atoms with Gasteiger partial charge >= 0.3 is 5.97 Å². The summed E-state index contributed by atoms with van der Waals surface area (Å²) in [6, 6.07) is 2.31. The van der Waals surface area contributed by atoms with Gasteiger partial charge in [-0.25, -0.2) is 0 Å². The van der Waals surface area contributed by atoms with Crippen LogP contribution < -0.4 is 9.47 Å². The first kappa shape index (κ1) is 25.7. The van der Waals surface area contributed by atoms with Gasteiger partial charge in [0.05, 0.1) is 30.7 Å². The average Bonchev–Trinajstić information content (AvgIpc) is 3.25. The molecule has 0 spiro atoms. The lowest BCUT2D eigenvalue weighted by Crippen LogP contribution is -2.43. The molecule has 1 amide bonds. The van der Waals surface area contributed by atoms with Crippen LogP contribution >= 0.6 is 11.8 Å². The maximum atomic E-state index is 13.4. The number of carbonyl (C=O) groups is 2. The van der Waals surface area contributed by atoms with Gasteiger partial charge < -0.3 is 24.2 Å². The summed E-state index contributed by atoms with van der Waals surface area (Å²) in [6.45, 7) is 4.96. The Hall–Kier alpha value is -2.53. The molecule has 178 valence electrons. The zero-order valence-electron chi connectivity index (χ0n) is 18.6. The van der Waals surface area contributed by atoms with Gasteiger partial charge in [0.1, 0.15) is 11.0 Å². The minimum Gasteiger partial charge on any atom is -0.493 e. The SMILES string of the molecule is CCOC(SCC)C1CCCN1C(=O)c1cc(OC)c(OCCCC(=O)O)cc1[N+](=O)[O-]. The third-order valence-corrected chi connectivity index (χ3v) is 6.15. The van der Waals surface area contributed by atoms with Crippen LogP contribution in [0.4, 0.5) is 5.69 Å². The highest BCUT2D eigenvalue weighted by molar-refractivity contribution is 7.99. The Morgan fingerprint density at radius 3 is 2.69 bits per heavy atom. The molecule has 0 radical (unpaired) electrons. The Morgan fingerprint density at radius 2 is 2.09 bits per heavy atom. The van der Waals surface area contributed by atoms with Gasteiger partial charge in [0.25, 0.3) is 11.6 Å². The maximum Gasteiger partial charge on any atom is 0.303 e. The van der Waals surface area contributed by atoms with Crippen LogP contribution in [-0.4, -0.2) is 70.9 Å². The predicted molar refractivity (Wildman–Crippen MR) is 120 cm³/mol. The number of thioether (sulfide) groups is 1. The molecular weight excluding hydrogens is 440 g/mol. The molecule has 0 aliphatic carbocycles. The quantitative estimate of drug-likeness (QED) is 0.199. The summed E-state index contributed by atoms with van der Waals surface area (Å²) in [5.41, 5.74) is -0.659. The first-order valence-corrected chi connectivity index (χ1v) is 11.6. The van der Waals surface area contributed by atoms with Crippen molar-refractivity contribution in [2.75, 3.05) is 32.6 Å². The summed E-state index contributed by atoms with van der Waals surface area (Å²) in [5, 5.41) is 20.5. The minimum atomic E-state index is -0.959. The van der Waals surface area contributed by atoms with Crippen molar-refractivity contribution < 1.29 is 33.8 Å². The van der Waals surface area contributed by atoms with E-state index in [0.29, 0.717) is 13.2 Å². The van der Waals surface area contributed by atoms with Crippen molar-refractivity contribution in [2.24, 2.45) is 0 Å². The highest BCUT2D eigenvalue weighted by atomic mass is 32.2. The van der Waals surface area contributed by atoms with Crippen molar-refractivity contribution >= 4 is 29.3 Å². The van der Waals surface area contributed by atoms with Crippen molar-refractivity contribution in [1.29, 1.82) is 0 Å². The Kier molecular flexibility index (Phi) is 10.0.